The summed E-state index contributed by atoms with van der Waals surface area (Å²) in [7, 11) is 0. The quantitative estimate of drug-likeness (QED) is 0.755. The smallest absolute Gasteiger partial charge is 0.165 e. The van der Waals surface area contributed by atoms with E-state index >= 15 is 0 Å². The van der Waals surface area contributed by atoms with E-state index in [1.54, 1.807) is 6.20 Å². The maximum Gasteiger partial charge on any atom is 0.165 e. The lowest BCUT2D eigenvalue weighted by molar-refractivity contribution is 0.468. The average molecular weight is 322 g/mol. The minimum atomic E-state index is 0.213. The number of nitrogens with one attached hydrogen (secondary N) is 1. The Balaban J connectivity index is 1.65. The minimum absolute atomic E-state index is 0.213. The fourth-order valence-electron chi connectivity index (χ4n) is 2.59. The van der Waals surface area contributed by atoms with Gasteiger partial charge >= 0.3 is 0 Å². The summed E-state index contributed by atoms with van der Waals surface area (Å²) in [6.07, 6.45) is 3.66. The Morgan fingerprint density at radius 1 is 1.04 bits per heavy atom. The molecule has 0 saturated heterocycles. The summed E-state index contributed by atoms with van der Waals surface area (Å²) in [5.74, 6) is 0.851. The van der Waals surface area contributed by atoms with E-state index in [0.717, 1.165) is 11.4 Å². The summed E-state index contributed by atoms with van der Waals surface area (Å²) >= 11 is 0. The van der Waals surface area contributed by atoms with Crippen molar-refractivity contribution in [3.63, 3.8) is 0 Å². The number of pyridine rings is 1. The van der Waals surface area contributed by atoms with Crippen LogP contribution in [-0.4, -0.2) is 25.2 Å². The molecule has 0 bridgehead atoms. The van der Waals surface area contributed by atoms with Gasteiger partial charge in [0.05, 0.1) is 12.6 Å². The van der Waals surface area contributed by atoms with E-state index in [-0.39, 0.29) is 12.1 Å². The van der Waals surface area contributed by atoms with Crippen molar-refractivity contribution in [1.82, 2.24) is 30.5 Å². The molecule has 0 aliphatic carbocycles. The highest BCUT2D eigenvalue weighted by atomic mass is 15.5. The summed E-state index contributed by atoms with van der Waals surface area (Å²) < 4.78 is 1.84. The SMILES string of the molecule is CC(NCc1nnnn1C(C)C)c1ccc(-c2cccnc2)cc1. The molecule has 24 heavy (non-hydrogen) atoms. The van der Waals surface area contributed by atoms with Gasteiger partial charge in [0.2, 0.25) is 0 Å². The number of tetrazole rings is 1. The number of hydrogen-bond acceptors (Lipinski definition) is 5. The van der Waals surface area contributed by atoms with Crippen LogP contribution in [-0.2, 0) is 6.54 Å². The van der Waals surface area contributed by atoms with Crippen molar-refractivity contribution in [3.05, 3.63) is 60.2 Å². The number of aromatic nitrogens is 5. The van der Waals surface area contributed by atoms with Gasteiger partial charge in [0.1, 0.15) is 0 Å². The Kier molecular flexibility index (Phi) is 4.96. The van der Waals surface area contributed by atoms with Gasteiger partial charge in [-0.25, -0.2) is 4.68 Å². The lowest BCUT2D eigenvalue weighted by atomic mass is 10.0. The molecule has 1 unspecified atom stereocenters. The van der Waals surface area contributed by atoms with Crippen LogP contribution in [0.15, 0.2) is 48.8 Å². The number of nitrogens with zero attached hydrogens (tertiary/aromatic N) is 5. The molecule has 1 aromatic carbocycles. The molecule has 0 spiro atoms. The van der Waals surface area contributed by atoms with Crippen molar-refractivity contribution >= 4 is 0 Å². The first-order chi connectivity index (χ1) is 11.6. The second-order valence-corrected chi connectivity index (χ2v) is 6.10. The maximum atomic E-state index is 4.17. The Labute approximate surface area is 141 Å². The average Bonchev–Trinajstić information content (AvgIpc) is 3.09. The lowest BCUT2D eigenvalue weighted by Crippen LogP contribution is -2.21. The first kappa shape index (κ1) is 16.3. The van der Waals surface area contributed by atoms with Crippen LogP contribution in [0.1, 0.15) is 44.2 Å². The standard InChI is InChI=1S/C18H22N6/c1-13(2)24-18(21-22-23-24)12-20-14(3)15-6-8-16(9-7-15)17-5-4-10-19-11-17/h4-11,13-14,20H,12H2,1-3H3. The maximum absolute atomic E-state index is 4.17. The Hall–Kier alpha value is -2.60. The van der Waals surface area contributed by atoms with Gasteiger partial charge in [-0.1, -0.05) is 30.3 Å². The molecule has 6 nitrogen and oxygen atoms in total. The Bertz CT molecular complexity index is 764. The highest BCUT2D eigenvalue weighted by molar-refractivity contribution is 5.62. The highest BCUT2D eigenvalue weighted by Crippen LogP contribution is 2.21. The molecule has 3 aromatic rings. The van der Waals surface area contributed by atoms with E-state index in [1.807, 2.05) is 16.9 Å². The summed E-state index contributed by atoms with van der Waals surface area (Å²) in [5, 5.41) is 15.3. The highest BCUT2D eigenvalue weighted by Gasteiger charge is 2.11. The van der Waals surface area contributed by atoms with Crippen LogP contribution in [0.2, 0.25) is 0 Å². The normalized spacial score (nSPS) is 12.5. The molecule has 1 N–H and O–H groups in total. The molecule has 1 atom stereocenters. The molecule has 0 radical (unpaired) electrons. The fraction of sp³-hybridized carbons (Fsp3) is 0.333. The summed E-state index contributed by atoms with van der Waals surface area (Å²) in [5.41, 5.74) is 3.52. The predicted molar refractivity (Wildman–Crippen MR) is 93.1 cm³/mol. The topological polar surface area (TPSA) is 68.5 Å². The minimum Gasteiger partial charge on any atom is -0.303 e. The number of rotatable bonds is 6. The predicted octanol–water partition coefficient (Wildman–Crippen LogP) is 3.17. The Morgan fingerprint density at radius 2 is 1.83 bits per heavy atom. The van der Waals surface area contributed by atoms with Crippen LogP contribution in [0.3, 0.4) is 0 Å². The van der Waals surface area contributed by atoms with E-state index in [4.69, 9.17) is 0 Å². The third-order valence-corrected chi connectivity index (χ3v) is 4.02. The monoisotopic (exact) mass is 322 g/mol. The molecule has 2 aromatic heterocycles. The molecule has 0 fully saturated rings. The Morgan fingerprint density at radius 3 is 2.50 bits per heavy atom. The van der Waals surface area contributed by atoms with E-state index in [9.17, 15) is 0 Å². The van der Waals surface area contributed by atoms with Crippen LogP contribution < -0.4 is 5.32 Å². The molecule has 124 valence electrons. The largest absolute Gasteiger partial charge is 0.303 e. The summed E-state index contributed by atoms with van der Waals surface area (Å²) in [6, 6.07) is 13.0. The lowest BCUT2D eigenvalue weighted by Gasteiger charge is -2.15. The molecule has 6 heteroatoms. The number of hydrogen-bond donors (Lipinski definition) is 1. The van der Waals surface area contributed by atoms with Crippen LogP contribution in [0.25, 0.3) is 11.1 Å². The second-order valence-electron chi connectivity index (χ2n) is 6.10. The van der Waals surface area contributed by atoms with Crippen molar-refractivity contribution in [2.24, 2.45) is 0 Å². The van der Waals surface area contributed by atoms with Gasteiger partial charge in [-0.2, -0.15) is 0 Å². The van der Waals surface area contributed by atoms with Crippen LogP contribution in [0.4, 0.5) is 0 Å². The van der Waals surface area contributed by atoms with Gasteiger partial charge < -0.3 is 5.32 Å². The number of benzene rings is 1. The van der Waals surface area contributed by atoms with E-state index in [2.05, 4.69) is 76.9 Å². The second kappa shape index (κ2) is 7.31. The van der Waals surface area contributed by atoms with Gasteiger partial charge in [-0.3, -0.25) is 4.98 Å². The molecule has 0 saturated carbocycles. The first-order valence-electron chi connectivity index (χ1n) is 8.15. The van der Waals surface area contributed by atoms with Crippen molar-refractivity contribution in [3.8, 4) is 11.1 Å². The van der Waals surface area contributed by atoms with Gasteiger partial charge in [-0.15, -0.1) is 5.10 Å². The molecule has 0 aliphatic heterocycles. The van der Waals surface area contributed by atoms with E-state index in [1.165, 1.54) is 11.1 Å². The molecule has 3 rings (SSSR count). The van der Waals surface area contributed by atoms with Crippen LogP contribution in [0, 0.1) is 0 Å². The van der Waals surface area contributed by atoms with Gasteiger partial charge in [0, 0.05) is 18.4 Å². The summed E-state index contributed by atoms with van der Waals surface area (Å²) in [4.78, 5) is 4.17. The van der Waals surface area contributed by atoms with E-state index in [0.29, 0.717) is 6.54 Å². The van der Waals surface area contributed by atoms with Crippen LogP contribution in [0.5, 0.6) is 0 Å². The van der Waals surface area contributed by atoms with Crippen molar-refractivity contribution < 1.29 is 0 Å². The third-order valence-electron chi connectivity index (χ3n) is 4.02. The van der Waals surface area contributed by atoms with Crippen molar-refractivity contribution in [2.75, 3.05) is 0 Å². The molecule has 2 heterocycles. The summed E-state index contributed by atoms with van der Waals surface area (Å²) in [6.45, 7) is 6.92. The molecular weight excluding hydrogens is 300 g/mol. The van der Waals surface area contributed by atoms with Gasteiger partial charge in [-0.05, 0) is 54.0 Å². The third kappa shape index (κ3) is 3.65. The molecule has 0 aliphatic rings. The van der Waals surface area contributed by atoms with E-state index < -0.39 is 0 Å². The van der Waals surface area contributed by atoms with Crippen molar-refractivity contribution in [1.29, 1.82) is 0 Å². The fourth-order valence-corrected chi connectivity index (χ4v) is 2.59. The zero-order valence-electron chi connectivity index (χ0n) is 14.2. The van der Waals surface area contributed by atoms with Gasteiger partial charge in [0.25, 0.3) is 0 Å². The molecule has 0 amide bonds. The zero-order valence-corrected chi connectivity index (χ0v) is 14.2. The van der Waals surface area contributed by atoms with Crippen molar-refractivity contribution in [2.45, 2.75) is 39.4 Å². The first-order valence-corrected chi connectivity index (χ1v) is 8.15. The van der Waals surface area contributed by atoms with Crippen LogP contribution >= 0.6 is 0 Å². The van der Waals surface area contributed by atoms with Gasteiger partial charge in [0.15, 0.2) is 5.82 Å². The molecular formula is C18H22N6. The zero-order chi connectivity index (χ0) is 16.9.